The van der Waals surface area contributed by atoms with E-state index in [4.69, 9.17) is 0 Å². The lowest BCUT2D eigenvalue weighted by molar-refractivity contribution is 0.474. The number of nitrogens with one attached hydrogen (secondary N) is 1. The summed E-state index contributed by atoms with van der Waals surface area (Å²) in [5, 5.41) is 4.71. The molecule has 21 heavy (non-hydrogen) atoms. The molecule has 1 aromatic heterocycles. The average molecular weight is 306 g/mol. The topological polar surface area (TPSA) is 51.1 Å². The van der Waals surface area contributed by atoms with E-state index in [0.29, 0.717) is 5.75 Å². The Kier molecular flexibility index (Phi) is 3.80. The Hall–Kier alpha value is -1.33. The first kappa shape index (κ1) is 14.6. The third-order valence-electron chi connectivity index (χ3n) is 4.53. The van der Waals surface area contributed by atoms with Crippen LogP contribution in [0.15, 0.2) is 24.3 Å². The van der Waals surface area contributed by atoms with Crippen LogP contribution >= 0.6 is 0 Å². The molecule has 1 atom stereocenters. The fourth-order valence-electron chi connectivity index (χ4n) is 3.31. The zero-order valence-corrected chi connectivity index (χ0v) is 13.4. The van der Waals surface area contributed by atoms with Gasteiger partial charge in [-0.25, -0.2) is 8.42 Å². The second-order valence-electron chi connectivity index (χ2n) is 5.98. The summed E-state index contributed by atoms with van der Waals surface area (Å²) >= 11 is 0. The van der Waals surface area contributed by atoms with Crippen LogP contribution in [0.25, 0.3) is 10.9 Å². The van der Waals surface area contributed by atoms with Crippen LogP contribution in [0.1, 0.15) is 24.1 Å². The summed E-state index contributed by atoms with van der Waals surface area (Å²) < 4.78 is 25.6. The van der Waals surface area contributed by atoms with Crippen molar-refractivity contribution in [1.82, 2.24) is 9.88 Å². The first-order chi connectivity index (χ1) is 9.98. The third kappa shape index (κ3) is 2.85. The minimum atomic E-state index is -2.85. The zero-order valence-electron chi connectivity index (χ0n) is 12.6. The fraction of sp³-hybridized carbons (Fsp3) is 0.500. The van der Waals surface area contributed by atoms with Gasteiger partial charge < -0.3 is 9.88 Å². The van der Waals surface area contributed by atoms with E-state index in [1.807, 2.05) is 6.07 Å². The van der Waals surface area contributed by atoms with Gasteiger partial charge in [-0.1, -0.05) is 18.2 Å². The van der Waals surface area contributed by atoms with Crippen LogP contribution in [0, 0.1) is 6.92 Å². The average Bonchev–Trinajstić information content (AvgIpc) is 2.69. The van der Waals surface area contributed by atoms with Crippen LogP contribution in [0.4, 0.5) is 0 Å². The van der Waals surface area contributed by atoms with Gasteiger partial charge in [-0.2, -0.15) is 0 Å². The SMILES string of the molecule is Cc1c(CNC2CCCS(=O)(=O)C2)n(C)c2ccccc12. The molecule has 5 heteroatoms. The van der Waals surface area contributed by atoms with Crippen molar-refractivity contribution in [2.75, 3.05) is 11.5 Å². The highest BCUT2D eigenvalue weighted by molar-refractivity contribution is 7.91. The van der Waals surface area contributed by atoms with Gasteiger partial charge in [0.15, 0.2) is 9.84 Å². The maximum Gasteiger partial charge on any atom is 0.151 e. The first-order valence-electron chi connectivity index (χ1n) is 7.44. The molecule has 1 unspecified atom stereocenters. The molecule has 1 aliphatic heterocycles. The van der Waals surface area contributed by atoms with Crippen molar-refractivity contribution in [1.29, 1.82) is 0 Å². The van der Waals surface area contributed by atoms with Crippen LogP contribution in [0.5, 0.6) is 0 Å². The summed E-state index contributed by atoms with van der Waals surface area (Å²) in [5.41, 5.74) is 3.74. The monoisotopic (exact) mass is 306 g/mol. The molecule has 2 heterocycles. The number of para-hydroxylation sites is 1. The van der Waals surface area contributed by atoms with E-state index in [1.54, 1.807) is 0 Å². The summed E-state index contributed by atoms with van der Waals surface area (Å²) in [6, 6.07) is 8.45. The van der Waals surface area contributed by atoms with Gasteiger partial charge in [0.2, 0.25) is 0 Å². The molecule has 114 valence electrons. The summed E-state index contributed by atoms with van der Waals surface area (Å²) in [7, 11) is -0.777. The second-order valence-corrected chi connectivity index (χ2v) is 8.21. The Morgan fingerprint density at radius 3 is 2.81 bits per heavy atom. The van der Waals surface area contributed by atoms with Gasteiger partial charge in [0, 0.05) is 36.2 Å². The predicted octanol–water partition coefficient (Wildman–Crippen LogP) is 2.15. The highest BCUT2D eigenvalue weighted by Crippen LogP contribution is 2.24. The maximum absolute atomic E-state index is 11.7. The summed E-state index contributed by atoms with van der Waals surface area (Å²) in [6.45, 7) is 2.86. The Morgan fingerprint density at radius 1 is 1.33 bits per heavy atom. The van der Waals surface area contributed by atoms with Gasteiger partial charge in [0.25, 0.3) is 0 Å². The lowest BCUT2D eigenvalue weighted by Gasteiger charge is -2.23. The van der Waals surface area contributed by atoms with Gasteiger partial charge in [-0.15, -0.1) is 0 Å². The minimum absolute atomic E-state index is 0.0844. The molecule has 2 aromatic rings. The molecule has 0 amide bonds. The lowest BCUT2D eigenvalue weighted by atomic mass is 10.1. The van der Waals surface area contributed by atoms with Crippen molar-refractivity contribution < 1.29 is 8.42 Å². The molecule has 0 saturated carbocycles. The van der Waals surface area contributed by atoms with E-state index in [0.717, 1.165) is 19.4 Å². The second kappa shape index (κ2) is 5.46. The maximum atomic E-state index is 11.7. The molecule has 1 saturated heterocycles. The molecule has 0 aliphatic carbocycles. The van der Waals surface area contributed by atoms with E-state index in [1.165, 1.54) is 22.2 Å². The fourth-order valence-corrected chi connectivity index (χ4v) is 4.98. The number of benzene rings is 1. The van der Waals surface area contributed by atoms with Crippen LogP contribution < -0.4 is 5.32 Å². The molecule has 4 nitrogen and oxygen atoms in total. The number of nitrogens with zero attached hydrogens (tertiary/aromatic N) is 1. The van der Waals surface area contributed by atoms with E-state index in [9.17, 15) is 8.42 Å². The largest absolute Gasteiger partial charge is 0.346 e. The number of aromatic nitrogens is 1. The normalized spacial score (nSPS) is 21.7. The van der Waals surface area contributed by atoms with E-state index in [-0.39, 0.29) is 11.8 Å². The van der Waals surface area contributed by atoms with Gasteiger partial charge in [-0.05, 0) is 31.4 Å². The van der Waals surface area contributed by atoms with Crippen molar-refractivity contribution in [3.8, 4) is 0 Å². The molecule has 1 N–H and O–H groups in total. The van der Waals surface area contributed by atoms with Gasteiger partial charge in [0.1, 0.15) is 0 Å². The summed E-state index contributed by atoms with van der Waals surface area (Å²) in [4.78, 5) is 0. The van der Waals surface area contributed by atoms with E-state index < -0.39 is 9.84 Å². The molecule has 0 bridgehead atoms. The number of aryl methyl sites for hydroxylation is 2. The van der Waals surface area contributed by atoms with Gasteiger partial charge in [-0.3, -0.25) is 0 Å². The van der Waals surface area contributed by atoms with Crippen molar-refractivity contribution in [3.05, 3.63) is 35.5 Å². The Labute approximate surface area is 126 Å². The lowest BCUT2D eigenvalue weighted by Crippen LogP contribution is -2.40. The van der Waals surface area contributed by atoms with Gasteiger partial charge in [0.05, 0.1) is 11.5 Å². The minimum Gasteiger partial charge on any atom is -0.346 e. The van der Waals surface area contributed by atoms with Crippen LogP contribution in [0.3, 0.4) is 0 Å². The molecule has 0 spiro atoms. The van der Waals surface area contributed by atoms with Crippen molar-refractivity contribution in [2.24, 2.45) is 7.05 Å². The first-order valence-corrected chi connectivity index (χ1v) is 9.27. The van der Waals surface area contributed by atoms with Crippen molar-refractivity contribution >= 4 is 20.7 Å². The van der Waals surface area contributed by atoms with Crippen molar-refractivity contribution in [2.45, 2.75) is 32.4 Å². The standard InChI is InChI=1S/C16H22N2O2S/c1-12-14-7-3-4-8-15(14)18(2)16(12)10-17-13-6-5-9-21(19,20)11-13/h3-4,7-8,13,17H,5-6,9-11H2,1-2H3. The molecule has 0 radical (unpaired) electrons. The number of hydrogen-bond acceptors (Lipinski definition) is 3. The van der Waals surface area contributed by atoms with Crippen LogP contribution in [-0.4, -0.2) is 30.5 Å². The van der Waals surface area contributed by atoms with Crippen LogP contribution in [0.2, 0.25) is 0 Å². The van der Waals surface area contributed by atoms with E-state index in [2.05, 4.69) is 42.1 Å². The Morgan fingerprint density at radius 2 is 2.10 bits per heavy atom. The highest BCUT2D eigenvalue weighted by atomic mass is 32.2. The highest BCUT2D eigenvalue weighted by Gasteiger charge is 2.24. The van der Waals surface area contributed by atoms with E-state index >= 15 is 0 Å². The quantitative estimate of drug-likeness (QED) is 0.945. The Bertz CT molecular complexity index is 723. The zero-order chi connectivity index (χ0) is 15.0. The molecule has 1 aromatic carbocycles. The summed E-state index contributed by atoms with van der Waals surface area (Å²) in [6.07, 6.45) is 1.72. The number of hydrogen-bond donors (Lipinski definition) is 1. The van der Waals surface area contributed by atoms with Gasteiger partial charge >= 0.3 is 0 Å². The number of sulfone groups is 1. The Balaban J connectivity index is 1.79. The predicted molar refractivity (Wildman–Crippen MR) is 86.2 cm³/mol. The van der Waals surface area contributed by atoms with Crippen LogP contribution in [-0.2, 0) is 23.4 Å². The third-order valence-corrected chi connectivity index (χ3v) is 6.35. The number of rotatable bonds is 3. The molecular weight excluding hydrogens is 284 g/mol. The summed E-state index contributed by atoms with van der Waals surface area (Å²) in [5.74, 6) is 0.619. The van der Waals surface area contributed by atoms with Crippen molar-refractivity contribution in [3.63, 3.8) is 0 Å². The smallest absolute Gasteiger partial charge is 0.151 e. The molecule has 1 fully saturated rings. The molecule has 1 aliphatic rings. The molecule has 3 rings (SSSR count). The molecular formula is C16H22N2O2S. The number of fused-ring (bicyclic) bond motifs is 1.